The van der Waals surface area contributed by atoms with Gasteiger partial charge in [0.15, 0.2) is 0 Å². The molecular weight excluding hydrogens is 472 g/mol. The highest BCUT2D eigenvalue weighted by Gasteiger charge is 2.23. The number of unbranched alkanes of at least 4 members (excludes halogenated alkanes) is 1. The lowest BCUT2D eigenvalue weighted by atomic mass is 9.78. The van der Waals surface area contributed by atoms with E-state index in [4.69, 9.17) is 23.7 Å². The van der Waals surface area contributed by atoms with Gasteiger partial charge in [-0.1, -0.05) is 65.3 Å². The lowest BCUT2D eigenvalue weighted by molar-refractivity contribution is -0.0111. The summed E-state index contributed by atoms with van der Waals surface area (Å²) in [5.74, 6) is 1.40. The van der Waals surface area contributed by atoms with Gasteiger partial charge in [0.2, 0.25) is 0 Å². The summed E-state index contributed by atoms with van der Waals surface area (Å²) in [6.07, 6.45) is 0.814. The SMILES string of the molecule is CC.CCCCOCCOCC(O)COc1ccc(C(C)(C)c2ccc(OCC(O)COC)cc2)cc1. The summed E-state index contributed by atoms with van der Waals surface area (Å²) in [6, 6.07) is 15.8. The monoisotopic (exact) mass is 520 g/mol. The molecule has 0 radical (unpaired) electrons. The molecule has 210 valence electrons. The molecule has 0 saturated heterocycles. The van der Waals surface area contributed by atoms with Crippen LogP contribution in [-0.4, -0.2) is 75.8 Å². The van der Waals surface area contributed by atoms with Crippen molar-refractivity contribution < 1.29 is 33.9 Å². The molecule has 0 aliphatic rings. The summed E-state index contributed by atoms with van der Waals surface area (Å²) in [5, 5.41) is 19.8. The molecule has 0 aliphatic heterocycles. The summed E-state index contributed by atoms with van der Waals surface area (Å²) in [5.41, 5.74) is 2.06. The van der Waals surface area contributed by atoms with Crippen LogP contribution in [-0.2, 0) is 19.6 Å². The fraction of sp³-hybridized carbons (Fsp3) is 0.600. The Morgan fingerprint density at radius 3 is 1.59 bits per heavy atom. The van der Waals surface area contributed by atoms with Crippen LogP contribution in [0.1, 0.15) is 58.6 Å². The smallest absolute Gasteiger partial charge is 0.119 e. The fourth-order valence-electron chi connectivity index (χ4n) is 3.46. The molecule has 0 saturated carbocycles. The zero-order valence-electron chi connectivity index (χ0n) is 23.6. The van der Waals surface area contributed by atoms with E-state index in [0.717, 1.165) is 30.6 Å². The average molecular weight is 521 g/mol. The van der Waals surface area contributed by atoms with Crippen LogP contribution >= 0.6 is 0 Å². The van der Waals surface area contributed by atoms with E-state index < -0.39 is 12.2 Å². The van der Waals surface area contributed by atoms with Gasteiger partial charge in [-0.25, -0.2) is 0 Å². The first-order chi connectivity index (χ1) is 17.9. The van der Waals surface area contributed by atoms with E-state index in [-0.39, 0.29) is 31.8 Å². The van der Waals surface area contributed by atoms with Gasteiger partial charge in [0.25, 0.3) is 0 Å². The van der Waals surface area contributed by atoms with Gasteiger partial charge in [0, 0.05) is 19.1 Å². The molecule has 0 aromatic heterocycles. The van der Waals surface area contributed by atoms with Crippen LogP contribution in [0.2, 0.25) is 0 Å². The summed E-state index contributed by atoms with van der Waals surface area (Å²) in [7, 11) is 1.55. The number of rotatable bonds is 18. The van der Waals surface area contributed by atoms with Gasteiger partial charge in [-0.15, -0.1) is 0 Å². The molecule has 2 aromatic carbocycles. The minimum atomic E-state index is -0.696. The molecule has 2 aromatic rings. The number of aliphatic hydroxyl groups is 2. The maximum Gasteiger partial charge on any atom is 0.119 e. The minimum absolute atomic E-state index is 0.167. The number of ether oxygens (including phenoxy) is 5. The van der Waals surface area contributed by atoms with E-state index in [2.05, 4.69) is 20.8 Å². The lowest BCUT2D eigenvalue weighted by Crippen LogP contribution is -2.24. The van der Waals surface area contributed by atoms with Crippen LogP contribution in [0.25, 0.3) is 0 Å². The van der Waals surface area contributed by atoms with E-state index >= 15 is 0 Å². The second-order valence-electron chi connectivity index (χ2n) is 9.10. The van der Waals surface area contributed by atoms with Crippen molar-refractivity contribution in [3.05, 3.63) is 59.7 Å². The van der Waals surface area contributed by atoms with E-state index in [1.165, 1.54) is 0 Å². The third-order valence-electron chi connectivity index (χ3n) is 5.72. The predicted octanol–water partition coefficient (Wildman–Crippen LogP) is 5.00. The zero-order chi connectivity index (χ0) is 27.5. The molecule has 7 heteroatoms. The van der Waals surface area contributed by atoms with Gasteiger partial charge in [0.1, 0.15) is 36.9 Å². The standard InChI is InChI=1S/C28H42O7.C2H6/c1-5-6-15-32-16-17-33-19-25(30)21-35-27-13-9-23(10-14-27)28(2,3)22-7-11-26(12-8-22)34-20-24(29)18-31-4;1-2/h7-14,24-25,29-30H,5-6,15-21H2,1-4H3;1-2H3. The molecule has 0 aliphatic carbocycles. The van der Waals surface area contributed by atoms with Crippen molar-refractivity contribution >= 4 is 0 Å². The van der Waals surface area contributed by atoms with Gasteiger partial charge < -0.3 is 33.9 Å². The Kier molecular flexibility index (Phi) is 16.9. The first kappa shape index (κ1) is 32.9. The minimum Gasteiger partial charge on any atom is -0.491 e. The molecule has 0 fully saturated rings. The number of aliphatic hydroxyl groups excluding tert-OH is 2. The molecule has 0 spiro atoms. The van der Waals surface area contributed by atoms with E-state index in [1.807, 2.05) is 62.4 Å². The molecule has 2 unspecified atom stereocenters. The Morgan fingerprint density at radius 2 is 1.14 bits per heavy atom. The fourth-order valence-corrected chi connectivity index (χ4v) is 3.46. The normalized spacial score (nSPS) is 12.9. The molecule has 0 bridgehead atoms. The van der Waals surface area contributed by atoms with Crippen molar-refractivity contribution in [2.24, 2.45) is 0 Å². The van der Waals surface area contributed by atoms with Crippen LogP contribution in [0.4, 0.5) is 0 Å². The van der Waals surface area contributed by atoms with Crippen molar-refractivity contribution in [3.63, 3.8) is 0 Å². The topological polar surface area (TPSA) is 86.6 Å². The van der Waals surface area contributed by atoms with E-state index in [1.54, 1.807) is 7.11 Å². The summed E-state index contributed by atoms with van der Waals surface area (Å²) in [6.45, 7) is 13.0. The van der Waals surface area contributed by atoms with Crippen molar-refractivity contribution in [3.8, 4) is 11.5 Å². The third-order valence-corrected chi connectivity index (χ3v) is 5.72. The van der Waals surface area contributed by atoms with Gasteiger partial charge in [0.05, 0.1) is 26.4 Å². The van der Waals surface area contributed by atoms with Crippen molar-refractivity contribution in [2.75, 3.05) is 53.4 Å². The Bertz CT molecular complexity index is 806. The van der Waals surface area contributed by atoms with Crippen molar-refractivity contribution in [1.29, 1.82) is 0 Å². The van der Waals surface area contributed by atoms with Crippen LogP contribution in [0.5, 0.6) is 11.5 Å². The zero-order valence-corrected chi connectivity index (χ0v) is 23.6. The molecular formula is C30H48O7. The van der Waals surface area contributed by atoms with E-state index in [0.29, 0.717) is 24.7 Å². The summed E-state index contributed by atoms with van der Waals surface area (Å²) < 4.78 is 27.1. The predicted molar refractivity (Wildman–Crippen MR) is 148 cm³/mol. The van der Waals surface area contributed by atoms with Gasteiger partial charge >= 0.3 is 0 Å². The molecule has 2 rings (SSSR count). The number of hydrogen-bond donors (Lipinski definition) is 2. The Labute approximate surface area is 223 Å². The maximum absolute atomic E-state index is 10.1. The van der Waals surface area contributed by atoms with Gasteiger partial charge in [-0.3, -0.25) is 0 Å². The van der Waals surface area contributed by atoms with Crippen LogP contribution in [0.15, 0.2) is 48.5 Å². The second kappa shape index (κ2) is 19.0. The van der Waals surface area contributed by atoms with Gasteiger partial charge in [-0.2, -0.15) is 0 Å². The van der Waals surface area contributed by atoms with Crippen molar-refractivity contribution in [1.82, 2.24) is 0 Å². The van der Waals surface area contributed by atoms with Crippen LogP contribution in [0, 0.1) is 0 Å². The van der Waals surface area contributed by atoms with Crippen LogP contribution < -0.4 is 9.47 Å². The summed E-state index contributed by atoms with van der Waals surface area (Å²) >= 11 is 0. The van der Waals surface area contributed by atoms with Crippen molar-refractivity contribution in [2.45, 2.75) is 65.1 Å². The molecule has 37 heavy (non-hydrogen) atoms. The van der Waals surface area contributed by atoms with Crippen LogP contribution in [0.3, 0.4) is 0 Å². The highest BCUT2D eigenvalue weighted by atomic mass is 16.5. The number of methoxy groups -OCH3 is 1. The molecule has 2 atom stereocenters. The first-order valence-electron chi connectivity index (χ1n) is 13.3. The largest absolute Gasteiger partial charge is 0.491 e. The first-order valence-corrected chi connectivity index (χ1v) is 13.3. The number of benzene rings is 2. The lowest BCUT2D eigenvalue weighted by Gasteiger charge is -2.26. The Hall–Kier alpha value is -2.16. The Balaban J connectivity index is 0.00000334. The quantitative estimate of drug-likeness (QED) is 0.268. The number of hydrogen-bond acceptors (Lipinski definition) is 7. The average Bonchev–Trinajstić information content (AvgIpc) is 2.92. The van der Waals surface area contributed by atoms with Gasteiger partial charge in [-0.05, 0) is 41.8 Å². The molecule has 2 N–H and O–H groups in total. The molecule has 0 heterocycles. The highest BCUT2D eigenvalue weighted by molar-refractivity contribution is 5.41. The third kappa shape index (κ3) is 12.8. The molecule has 7 nitrogen and oxygen atoms in total. The maximum atomic E-state index is 10.1. The highest BCUT2D eigenvalue weighted by Crippen LogP contribution is 2.33. The Morgan fingerprint density at radius 1 is 0.676 bits per heavy atom. The van der Waals surface area contributed by atoms with E-state index in [9.17, 15) is 10.2 Å². The summed E-state index contributed by atoms with van der Waals surface area (Å²) in [4.78, 5) is 0. The second-order valence-corrected chi connectivity index (χ2v) is 9.10. The molecule has 0 amide bonds.